The Kier molecular flexibility index (Phi) is 14.1. The lowest BCUT2D eigenvalue weighted by atomic mass is 9.98. The minimum Gasteiger partial charge on any atom is -0.508 e. The highest BCUT2D eigenvalue weighted by molar-refractivity contribution is 5.88. The molecule has 4 heterocycles. The predicted molar refractivity (Wildman–Crippen MR) is 212 cm³/mol. The second kappa shape index (κ2) is 19.3. The zero-order valence-corrected chi connectivity index (χ0v) is 33.5. The van der Waals surface area contributed by atoms with E-state index >= 15 is 0 Å². The summed E-state index contributed by atoms with van der Waals surface area (Å²) in [5.41, 5.74) is -0.907. The van der Waals surface area contributed by atoms with E-state index in [1.807, 2.05) is 0 Å². The molecule has 7 rings (SSSR count). The lowest BCUT2D eigenvalue weighted by molar-refractivity contribution is -0.319. The minimum absolute atomic E-state index is 0.0263. The third-order valence-corrected chi connectivity index (χ3v) is 10.8. The van der Waals surface area contributed by atoms with Crippen molar-refractivity contribution in [2.75, 3.05) is 13.2 Å². The number of phenols is 3. The molecule has 1 aromatic heterocycles. The summed E-state index contributed by atoms with van der Waals surface area (Å²) in [6.07, 6.45) is -23.2. The standard InChI is InChI=1S/C42H46O22/c1-16-28(48)31(51)34(54)40(58-16)57-15-25-38(63-26(47)11-4-17-2-7-19(44)8-3-17)33(53)36(56)42(62-25)64-39-30(50)27-22(46)12-21(59-41-35(55)32(52)29(49)24(14-43)61-41)13-23(27)60-37(39)18-5-9-20(45)10-6-18/h2-13,16,24-25,28-29,31-36,38,40-46,48-49,51-56H,14-15H2,1H3/t16-,24+,25+,28-,29+,31+,32-,33+,34+,35+,36+,38-,40-,41+,42-/m0/s1. The zero-order chi connectivity index (χ0) is 46.1. The number of aromatic hydroxyl groups is 3. The topological polar surface area (TPSA) is 355 Å². The molecule has 22 nitrogen and oxygen atoms in total. The maximum absolute atomic E-state index is 14.3. The third kappa shape index (κ3) is 9.64. The van der Waals surface area contributed by atoms with Gasteiger partial charge in [0.15, 0.2) is 18.2 Å². The van der Waals surface area contributed by atoms with Gasteiger partial charge in [-0.05, 0) is 55.0 Å². The Morgan fingerprint density at radius 1 is 0.688 bits per heavy atom. The number of carbonyl (C=O) groups excluding carboxylic acids is 1. The van der Waals surface area contributed by atoms with Gasteiger partial charge in [0, 0.05) is 23.8 Å². The first-order valence-corrected chi connectivity index (χ1v) is 19.7. The van der Waals surface area contributed by atoms with Gasteiger partial charge >= 0.3 is 5.97 Å². The number of hydrogen-bond donors (Lipinski definition) is 12. The van der Waals surface area contributed by atoms with Crippen LogP contribution in [0.4, 0.5) is 0 Å². The van der Waals surface area contributed by atoms with Crippen LogP contribution in [0, 0.1) is 0 Å². The van der Waals surface area contributed by atoms with Gasteiger partial charge < -0.3 is 98.9 Å². The Hall–Kier alpha value is -5.44. The number of rotatable bonds is 12. The van der Waals surface area contributed by atoms with Crippen LogP contribution >= 0.6 is 0 Å². The molecule has 3 fully saturated rings. The summed E-state index contributed by atoms with van der Waals surface area (Å²) < 4.78 is 45.7. The van der Waals surface area contributed by atoms with E-state index in [0.717, 1.165) is 18.2 Å². The fraction of sp³-hybridized carbons (Fsp3) is 0.429. The van der Waals surface area contributed by atoms with Crippen molar-refractivity contribution < 1.29 is 104 Å². The molecule has 64 heavy (non-hydrogen) atoms. The average molecular weight is 903 g/mol. The van der Waals surface area contributed by atoms with E-state index < -0.39 is 139 Å². The van der Waals surface area contributed by atoms with Gasteiger partial charge in [0.05, 0.1) is 19.3 Å². The Balaban J connectivity index is 1.21. The van der Waals surface area contributed by atoms with E-state index in [2.05, 4.69) is 0 Å². The SMILES string of the molecule is C[C@@H]1O[C@H](OC[C@H]2O[C@@H](Oc3c(-c4ccc(O)cc4)oc4cc(O[C@@H]5O[C@H](CO)[C@@H](O)[C@H](O)[C@H]5O)cc(O)c4c3=O)[C@H](O)[C@@H](O)[C@H]2OC(=O)C=Cc2ccc(O)cc2)[C@H](O)[C@H](O)[C@H]1O. The van der Waals surface area contributed by atoms with Crippen molar-refractivity contribution in [3.05, 3.63) is 82.5 Å². The molecule has 3 aliphatic rings. The maximum Gasteiger partial charge on any atom is 0.331 e. The summed E-state index contributed by atoms with van der Waals surface area (Å²) >= 11 is 0. The number of aliphatic hydroxyl groups is 9. The molecule has 3 aliphatic heterocycles. The first-order valence-electron chi connectivity index (χ1n) is 19.7. The number of ether oxygens (including phenoxy) is 7. The van der Waals surface area contributed by atoms with Gasteiger partial charge in [-0.25, -0.2) is 4.79 Å². The number of hydrogen-bond acceptors (Lipinski definition) is 22. The maximum atomic E-state index is 14.3. The molecule has 0 aliphatic carbocycles. The molecule has 15 atom stereocenters. The molecule has 0 spiro atoms. The van der Waals surface area contributed by atoms with E-state index in [0.29, 0.717) is 5.56 Å². The Morgan fingerprint density at radius 3 is 1.95 bits per heavy atom. The minimum atomic E-state index is -2.12. The van der Waals surface area contributed by atoms with Crippen LogP contribution in [0.15, 0.2) is 76.0 Å². The molecular formula is C42H46O22. The molecule has 0 amide bonds. The van der Waals surface area contributed by atoms with Crippen LogP contribution in [-0.2, 0) is 28.5 Å². The fourth-order valence-corrected chi connectivity index (χ4v) is 7.20. The number of carbonyl (C=O) groups is 1. The van der Waals surface area contributed by atoms with Crippen molar-refractivity contribution in [2.45, 2.75) is 99.0 Å². The molecule has 4 aromatic rings. The van der Waals surface area contributed by atoms with Gasteiger partial charge in [-0.2, -0.15) is 0 Å². The number of benzene rings is 3. The van der Waals surface area contributed by atoms with Crippen molar-refractivity contribution in [3.8, 4) is 40.1 Å². The second-order valence-electron chi connectivity index (χ2n) is 15.3. The van der Waals surface area contributed by atoms with Crippen molar-refractivity contribution >= 4 is 23.0 Å². The van der Waals surface area contributed by atoms with Crippen molar-refractivity contribution in [1.29, 1.82) is 0 Å². The van der Waals surface area contributed by atoms with Crippen LogP contribution in [-0.4, -0.2) is 173 Å². The molecule has 22 heteroatoms. The lowest BCUT2D eigenvalue weighted by Crippen LogP contribution is -2.62. The quantitative estimate of drug-likeness (QED) is 0.0543. The Morgan fingerprint density at radius 2 is 1.28 bits per heavy atom. The van der Waals surface area contributed by atoms with Crippen molar-refractivity contribution in [1.82, 2.24) is 0 Å². The normalized spacial score (nSPS) is 33.2. The number of esters is 1. The summed E-state index contributed by atoms with van der Waals surface area (Å²) in [6, 6.07) is 12.8. The van der Waals surface area contributed by atoms with Gasteiger partial charge in [0.25, 0.3) is 0 Å². The molecular weight excluding hydrogens is 856 g/mol. The monoisotopic (exact) mass is 902 g/mol. The molecule has 3 saturated heterocycles. The van der Waals surface area contributed by atoms with E-state index in [4.69, 9.17) is 37.6 Å². The predicted octanol–water partition coefficient (Wildman–Crippen LogP) is -1.95. The molecule has 0 radical (unpaired) electrons. The average Bonchev–Trinajstić information content (AvgIpc) is 3.27. The van der Waals surface area contributed by atoms with Crippen LogP contribution in [0.1, 0.15) is 12.5 Å². The highest BCUT2D eigenvalue weighted by Gasteiger charge is 2.50. The molecule has 0 unspecified atom stereocenters. The highest BCUT2D eigenvalue weighted by atomic mass is 16.7. The van der Waals surface area contributed by atoms with Gasteiger partial charge in [-0.3, -0.25) is 4.79 Å². The zero-order valence-electron chi connectivity index (χ0n) is 33.5. The number of phenolic OH excluding ortho intramolecular Hbond substituents is 3. The Labute approximate surface area is 361 Å². The summed E-state index contributed by atoms with van der Waals surface area (Å²) in [5, 5.41) is 125. The second-order valence-corrected chi connectivity index (χ2v) is 15.3. The van der Waals surface area contributed by atoms with E-state index in [-0.39, 0.29) is 28.4 Å². The lowest BCUT2D eigenvalue weighted by Gasteiger charge is -2.43. The smallest absolute Gasteiger partial charge is 0.331 e. The first kappa shape index (κ1) is 46.5. The van der Waals surface area contributed by atoms with Gasteiger partial charge in [0.2, 0.25) is 23.8 Å². The Bertz CT molecular complexity index is 2330. The van der Waals surface area contributed by atoms with Crippen LogP contribution in [0.3, 0.4) is 0 Å². The van der Waals surface area contributed by atoms with Crippen molar-refractivity contribution in [2.24, 2.45) is 0 Å². The van der Waals surface area contributed by atoms with Crippen molar-refractivity contribution in [3.63, 3.8) is 0 Å². The van der Waals surface area contributed by atoms with E-state index in [9.17, 15) is 70.9 Å². The molecule has 12 N–H and O–H groups in total. The highest BCUT2D eigenvalue weighted by Crippen LogP contribution is 2.39. The fourth-order valence-electron chi connectivity index (χ4n) is 7.20. The van der Waals surface area contributed by atoms with E-state index in [1.54, 1.807) is 0 Å². The third-order valence-electron chi connectivity index (χ3n) is 10.8. The van der Waals surface area contributed by atoms with Gasteiger partial charge in [-0.1, -0.05) is 12.1 Å². The van der Waals surface area contributed by atoms with Crippen LogP contribution in [0.2, 0.25) is 0 Å². The first-order chi connectivity index (χ1) is 30.4. The summed E-state index contributed by atoms with van der Waals surface area (Å²) in [6.45, 7) is -0.0756. The summed E-state index contributed by atoms with van der Waals surface area (Å²) in [4.78, 5) is 27.4. The van der Waals surface area contributed by atoms with Gasteiger partial charge in [-0.15, -0.1) is 0 Å². The molecule has 3 aromatic carbocycles. The molecule has 0 bridgehead atoms. The largest absolute Gasteiger partial charge is 0.508 e. The number of aliphatic hydroxyl groups excluding tert-OH is 9. The van der Waals surface area contributed by atoms with Gasteiger partial charge in [0.1, 0.15) is 95.0 Å². The summed E-state index contributed by atoms with van der Waals surface area (Å²) in [5.74, 6) is -3.47. The molecule has 346 valence electrons. The summed E-state index contributed by atoms with van der Waals surface area (Å²) in [7, 11) is 0. The van der Waals surface area contributed by atoms with Crippen LogP contribution in [0.5, 0.6) is 28.7 Å². The van der Waals surface area contributed by atoms with Crippen LogP contribution < -0.4 is 14.9 Å². The number of fused-ring (bicyclic) bond motifs is 1. The van der Waals surface area contributed by atoms with E-state index in [1.165, 1.54) is 61.5 Å². The molecule has 0 saturated carbocycles. The van der Waals surface area contributed by atoms with Crippen LogP contribution in [0.25, 0.3) is 28.4 Å².